The quantitative estimate of drug-likeness (QED) is 0.844. The number of benzene rings is 1. The molecular formula is C13H19NO2. The summed E-state index contributed by atoms with van der Waals surface area (Å²) in [7, 11) is 0. The molecule has 0 bridgehead atoms. The zero-order chi connectivity index (χ0) is 11.4. The highest BCUT2D eigenvalue weighted by Crippen LogP contribution is 2.33. The van der Waals surface area contributed by atoms with Gasteiger partial charge in [-0.15, -0.1) is 0 Å². The van der Waals surface area contributed by atoms with Gasteiger partial charge in [0.1, 0.15) is 13.2 Å². The number of fused-ring (bicyclic) bond motifs is 1. The van der Waals surface area contributed by atoms with E-state index in [-0.39, 0.29) is 0 Å². The predicted octanol–water partition coefficient (Wildman–Crippen LogP) is 1.91. The highest BCUT2D eigenvalue weighted by atomic mass is 16.6. The van der Waals surface area contributed by atoms with E-state index in [2.05, 4.69) is 19.1 Å². The molecule has 0 atom stereocenters. The minimum absolute atomic E-state index is 0.648. The summed E-state index contributed by atoms with van der Waals surface area (Å²) in [5.74, 6) is 1.77. The fourth-order valence-electron chi connectivity index (χ4n) is 2.03. The minimum Gasteiger partial charge on any atom is -0.486 e. The Kier molecular flexibility index (Phi) is 3.67. The summed E-state index contributed by atoms with van der Waals surface area (Å²) < 4.78 is 11.2. The lowest BCUT2D eigenvalue weighted by atomic mass is 10.00. The van der Waals surface area contributed by atoms with Gasteiger partial charge in [-0.25, -0.2) is 0 Å². The van der Waals surface area contributed by atoms with E-state index in [1.165, 1.54) is 11.1 Å². The van der Waals surface area contributed by atoms with Crippen LogP contribution in [0.3, 0.4) is 0 Å². The number of aryl methyl sites for hydroxylation is 2. The molecule has 88 valence electrons. The van der Waals surface area contributed by atoms with Gasteiger partial charge in [0.15, 0.2) is 11.5 Å². The Morgan fingerprint density at radius 3 is 2.31 bits per heavy atom. The topological polar surface area (TPSA) is 44.5 Å². The number of ether oxygens (including phenoxy) is 2. The Labute approximate surface area is 96.5 Å². The van der Waals surface area contributed by atoms with Crippen molar-refractivity contribution in [2.45, 2.75) is 26.2 Å². The molecule has 3 heteroatoms. The van der Waals surface area contributed by atoms with Crippen molar-refractivity contribution in [3.8, 4) is 11.5 Å². The smallest absolute Gasteiger partial charge is 0.161 e. The second-order valence-electron chi connectivity index (χ2n) is 4.01. The number of rotatable bonds is 4. The van der Waals surface area contributed by atoms with Gasteiger partial charge in [-0.05, 0) is 49.1 Å². The molecule has 1 aliphatic rings. The number of hydrogen-bond acceptors (Lipinski definition) is 3. The average Bonchev–Trinajstić information content (AvgIpc) is 2.35. The lowest BCUT2D eigenvalue weighted by molar-refractivity contribution is 0.171. The fraction of sp³-hybridized carbons (Fsp3) is 0.538. The molecule has 0 unspecified atom stereocenters. The van der Waals surface area contributed by atoms with Gasteiger partial charge in [0, 0.05) is 0 Å². The molecule has 1 aromatic carbocycles. The molecule has 2 rings (SSSR count). The van der Waals surface area contributed by atoms with Gasteiger partial charge in [0.25, 0.3) is 0 Å². The zero-order valence-electron chi connectivity index (χ0n) is 9.79. The van der Waals surface area contributed by atoms with Gasteiger partial charge < -0.3 is 15.2 Å². The second-order valence-corrected chi connectivity index (χ2v) is 4.01. The summed E-state index contributed by atoms with van der Waals surface area (Å²) >= 11 is 0. The van der Waals surface area contributed by atoms with E-state index < -0.39 is 0 Å². The van der Waals surface area contributed by atoms with Crippen molar-refractivity contribution in [3.63, 3.8) is 0 Å². The van der Waals surface area contributed by atoms with Crippen LogP contribution in [0.2, 0.25) is 0 Å². The molecule has 1 aromatic rings. The minimum atomic E-state index is 0.648. The van der Waals surface area contributed by atoms with Gasteiger partial charge in [0.05, 0.1) is 0 Å². The normalized spacial score (nSPS) is 13.9. The van der Waals surface area contributed by atoms with Crippen LogP contribution in [0.1, 0.15) is 24.5 Å². The largest absolute Gasteiger partial charge is 0.486 e. The van der Waals surface area contributed by atoms with Crippen LogP contribution in [0, 0.1) is 0 Å². The molecule has 1 aliphatic heterocycles. The van der Waals surface area contributed by atoms with E-state index in [1.54, 1.807) is 0 Å². The summed E-state index contributed by atoms with van der Waals surface area (Å²) in [6.45, 7) is 4.20. The molecule has 0 spiro atoms. The predicted molar refractivity (Wildman–Crippen MR) is 64.2 cm³/mol. The first kappa shape index (κ1) is 11.3. The number of hydrogen-bond donors (Lipinski definition) is 1. The second kappa shape index (κ2) is 5.21. The third-order valence-electron chi connectivity index (χ3n) is 2.90. The lowest BCUT2D eigenvalue weighted by Gasteiger charge is -2.21. The van der Waals surface area contributed by atoms with Crippen molar-refractivity contribution in [1.82, 2.24) is 0 Å². The highest BCUT2D eigenvalue weighted by molar-refractivity contribution is 5.48. The average molecular weight is 221 g/mol. The SMILES string of the molecule is CCc1cc2c(cc1CCCN)OCCO2. The Bertz CT molecular complexity index is 363. The van der Waals surface area contributed by atoms with Gasteiger partial charge >= 0.3 is 0 Å². The third kappa shape index (κ3) is 2.30. The van der Waals surface area contributed by atoms with Crippen LogP contribution in [0.5, 0.6) is 11.5 Å². The van der Waals surface area contributed by atoms with Gasteiger partial charge in [-0.3, -0.25) is 0 Å². The molecule has 16 heavy (non-hydrogen) atoms. The van der Waals surface area contributed by atoms with Crippen LogP contribution in [0.15, 0.2) is 12.1 Å². The van der Waals surface area contributed by atoms with Gasteiger partial charge in [-0.1, -0.05) is 6.92 Å². The fourth-order valence-corrected chi connectivity index (χ4v) is 2.03. The first-order valence-corrected chi connectivity index (χ1v) is 5.96. The Hall–Kier alpha value is -1.22. The van der Waals surface area contributed by atoms with E-state index in [0.717, 1.165) is 37.3 Å². The Morgan fingerprint density at radius 1 is 1.12 bits per heavy atom. The molecule has 2 N–H and O–H groups in total. The molecule has 0 aliphatic carbocycles. The Morgan fingerprint density at radius 2 is 1.75 bits per heavy atom. The van der Waals surface area contributed by atoms with Gasteiger partial charge in [-0.2, -0.15) is 0 Å². The summed E-state index contributed by atoms with van der Waals surface area (Å²) in [5, 5.41) is 0. The van der Waals surface area contributed by atoms with Crippen molar-refractivity contribution >= 4 is 0 Å². The van der Waals surface area contributed by atoms with Crippen molar-refractivity contribution in [2.24, 2.45) is 5.73 Å². The van der Waals surface area contributed by atoms with E-state index in [1.807, 2.05) is 0 Å². The van der Waals surface area contributed by atoms with Crippen molar-refractivity contribution in [1.29, 1.82) is 0 Å². The molecule has 0 saturated carbocycles. The van der Waals surface area contributed by atoms with Crippen LogP contribution in [-0.2, 0) is 12.8 Å². The Balaban J connectivity index is 2.28. The summed E-state index contributed by atoms with van der Waals surface area (Å²) in [5.41, 5.74) is 8.24. The van der Waals surface area contributed by atoms with E-state index in [4.69, 9.17) is 15.2 Å². The molecule has 0 fully saturated rings. The van der Waals surface area contributed by atoms with E-state index in [0.29, 0.717) is 13.2 Å². The standard InChI is InChI=1S/C13H19NO2/c1-2-10-8-12-13(16-7-6-15-12)9-11(10)4-3-5-14/h8-9H,2-7,14H2,1H3. The summed E-state index contributed by atoms with van der Waals surface area (Å²) in [6, 6.07) is 4.23. The molecule has 0 saturated heterocycles. The monoisotopic (exact) mass is 221 g/mol. The molecule has 0 aromatic heterocycles. The van der Waals surface area contributed by atoms with E-state index in [9.17, 15) is 0 Å². The van der Waals surface area contributed by atoms with Crippen LogP contribution >= 0.6 is 0 Å². The molecule has 0 amide bonds. The van der Waals surface area contributed by atoms with Crippen molar-refractivity contribution in [2.75, 3.05) is 19.8 Å². The third-order valence-corrected chi connectivity index (χ3v) is 2.90. The van der Waals surface area contributed by atoms with E-state index >= 15 is 0 Å². The number of nitrogens with two attached hydrogens (primary N) is 1. The highest BCUT2D eigenvalue weighted by Gasteiger charge is 2.14. The summed E-state index contributed by atoms with van der Waals surface area (Å²) in [6.07, 6.45) is 3.07. The van der Waals surface area contributed by atoms with Crippen LogP contribution in [0.25, 0.3) is 0 Å². The molecule has 1 heterocycles. The first-order chi connectivity index (χ1) is 7.85. The molecule has 3 nitrogen and oxygen atoms in total. The molecular weight excluding hydrogens is 202 g/mol. The van der Waals surface area contributed by atoms with Crippen LogP contribution in [0.4, 0.5) is 0 Å². The maximum atomic E-state index is 5.59. The lowest BCUT2D eigenvalue weighted by Crippen LogP contribution is -2.16. The summed E-state index contributed by atoms with van der Waals surface area (Å²) in [4.78, 5) is 0. The van der Waals surface area contributed by atoms with Gasteiger partial charge in [0.2, 0.25) is 0 Å². The first-order valence-electron chi connectivity index (χ1n) is 5.96. The zero-order valence-corrected chi connectivity index (χ0v) is 9.79. The maximum Gasteiger partial charge on any atom is 0.161 e. The van der Waals surface area contributed by atoms with Crippen LogP contribution in [-0.4, -0.2) is 19.8 Å². The molecule has 0 radical (unpaired) electrons. The maximum absolute atomic E-state index is 5.59. The van der Waals surface area contributed by atoms with Crippen LogP contribution < -0.4 is 15.2 Å². The van der Waals surface area contributed by atoms with Crippen molar-refractivity contribution in [3.05, 3.63) is 23.3 Å². The van der Waals surface area contributed by atoms with Crippen molar-refractivity contribution < 1.29 is 9.47 Å².